The molecule has 22 heavy (non-hydrogen) atoms. The molecule has 0 spiro atoms. The molecule has 2 aromatic carbocycles. The van der Waals surface area contributed by atoms with Gasteiger partial charge in [0, 0.05) is 17.9 Å². The third-order valence-electron chi connectivity index (χ3n) is 4.12. The standard InChI is InChI=1S/C18H16O4/c19-10-16-13-4-2-1-3-12(13)14-6-5-11(9-15(14)16)17(20)7-8-18(21)22/h1-6,9,16,19H,7-8,10H2,(H,21,22)/t16-/m0/s1. The number of hydrogen-bond acceptors (Lipinski definition) is 3. The maximum atomic E-state index is 12.1. The van der Waals surface area contributed by atoms with E-state index in [1.54, 1.807) is 12.1 Å². The lowest BCUT2D eigenvalue weighted by atomic mass is 9.95. The number of hydrogen-bond donors (Lipinski definition) is 2. The van der Waals surface area contributed by atoms with E-state index in [1.807, 2.05) is 30.3 Å². The van der Waals surface area contributed by atoms with Crippen LogP contribution in [0.4, 0.5) is 0 Å². The third-order valence-corrected chi connectivity index (χ3v) is 4.12. The first-order valence-electron chi connectivity index (χ1n) is 7.21. The summed E-state index contributed by atoms with van der Waals surface area (Å²) in [4.78, 5) is 22.7. The number of carboxylic acid groups (broad SMARTS) is 1. The van der Waals surface area contributed by atoms with Gasteiger partial charge >= 0.3 is 5.97 Å². The lowest BCUT2D eigenvalue weighted by Crippen LogP contribution is -2.06. The molecule has 0 saturated carbocycles. The molecule has 0 bridgehead atoms. The van der Waals surface area contributed by atoms with Crippen LogP contribution < -0.4 is 0 Å². The number of carboxylic acids is 1. The van der Waals surface area contributed by atoms with E-state index in [1.165, 1.54) is 0 Å². The Morgan fingerprint density at radius 2 is 1.68 bits per heavy atom. The Kier molecular flexibility index (Phi) is 3.77. The first kappa shape index (κ1) is 14.5. The highest BCUT2D eigenvalue weighted by Crippen LogP contribution is 2.44. The molecule has 2 N–H and O–H groups in total. The minimum Gasteiger partial charge on any atom is -0.481 e. The summed E-state index contributed by atoms with van der Waals surface area (Å²) in [5.41, 5.74) is 4.62. The van der Waals surface area contributed by atoms with E-state index in [9.17, 15) is 14.7 Å². The van der Waals surface area contributed by atoms with Crippen molar-refractivity contribution >= 4 is 11.8 Å². The molecular weight excluding hydrogens is 280 g/mol. The van der Waals surface area contributed by atoms with E-state index < -0.39 is 5.97 Å². The van der Waals surface area contributed by atoms with Crippen LogP contribution in [-0.2, 0) is 4.79 Å². The summed E-state index contributed by atoms with van der Waals surface area (Å²) in [5, 5.41) is 18.4. The van der Waals surface area contributed by atoms with Crippen molar-refractivity contribution in [2.24, 2.45) is 0 Å². The van der Waals surface area contributed by atoms with Gasteiger partial charge in [0.05, 0.1) is 13.0 Å². The van der Waals surface area contributed by atoms with Gasteiger partial charge in [-0.1, -0.05) is 36.4 Å². The van der Waals surface area contributed by atoms with Gasteiger partial charge in [-0.25, -0.2) is 0 Å². The fourth-order valence-corrected chi connectivity index (χ4v) is 3.04. The largest absolute Gasteiger partial charge is 0.481 e. The normalized spacial score (nSPS) is 15.2. The molecule has 0 aliphatic heterocycles. The van der Waals surface area contributed by atoms with Gasteiger partial charge in [-0.2, -0.15) is 0 Å². The summed E-state index contributed by atoms with van der Waals surface area (Å²) in [6.07, 6.45) is -0.176. The zero-order valence-electron chi connectivity index (χ0n) is 12.0. The second-order valence-electron chi connectivity index (χ2n) is 5.44. The Balaban J connectivity index is 1.97. The third kappa shape index (κ3) is 2.42. The fourth-order valence-electron chi connectivity index (χ4n) is 3.04. The van der Waals surface area contributed by atoms with Gasteiger partial charge in [0.15, 0.2) is 5.78 Å². The molecule has 3 rings (SSSR count). The predicted molar refractivity (Wildman–Crippen MR) is 82.0 cm³/mol. The second kappa shape index (κ2) is 5.73. The van der Waals surface area contributed by atoms with Crippen LogP contribution in [0.25, 0.3) is 11.1 Å². The van der Waals surface area contributed by atoms with Crippen LogP contribution in [0.5, 0.6) is 0 Å². The minimum absolute atomic E-state index is 0.00907. The number of Topliss-reactive ketones (excluding diaryl/α,β-unsaturated/α-hetero) is 1. The van der Waals surface area contributed by atoms with Crippen LogP contribution in [0.2, 0.25) is 0 Å². The van der Waals surface area contributed by atoms with Crippen LogP contribution in [0.15, 0.2) is 42.5 Å². The number of benzene rings is 2. The zero-order chi connectivity index (χ0) is 15.7. The Labute approximate surface area is 128 Å². The van der Waals surface area contributed by atoms with Gasteiger partial charge in [0.25, 0.3) is 0 Å². The highest BCUT2D eigenvalue weighted by Gasteiger charge is 2.28. The number of rotatable bonds is 5. The summed E-state index contributed by atoms with van der Waals surface area (Å²) in [6.45, 7) is -0.0171. The lowest BCUT2D eigenvalue weighted by molar-refractivity contribution is -0.136. The van der Waals surface area contributed by atoms with Gasteiger partial charge in [-0.3, -0.25) is 9.59 Å². The van der Waals surface area contributed by atoms with Crippen molar-refractivity contribution in [2.45, 2.75) is 18.8 Å². The Hall–Kier alpha value is -2.46. The van der Waals surface area contributed by atoms with E-state index >= 15 is 0 Å². The first-order chi connectivity index (χ1) is 10.6. The van der Waals surface area contributed by atoms with E-state index in [0.29, 0.717) is 5.56 Å². The maximum Gasteiger partial charge on any atom is 0.303 e. The zero-order valence-corrected chi connectivity index (χ0v) is 12.0. The molecule has 2 aromatic rings. The number of aliphatic carboxylic acids is 1. The van der Waals surface area contributed by atoms with E-state index in [2.05, 4.69) is 0 Å². The number of ketones is 1. The maximum absolute atomic E-state index is 12.1. The molecule has 112 valence electrons. The summed E-state index contributed by atoms with van der Waals surface area (Å²) in [6, 6.07) is 13.3. The van der Waals surface area contributed by atoms with Crippen molar-refractivity contribution in [3.8, 4) is 11.1 Å². The SMILES string of the molecule is O=C(O)CCC(=O)c1ccc2c(c1)[C@@H](CO)c1ccccc1-2. The molecule has 4 heteroatoms. The average molecular weight is 296 g/mol. The summed E-state index contributed by atoms with van der Waals surface area (Å²) in [5.74, 6) is -1.29. The Morgan fingerprint density at radius 1 is 0.955 bits per heavy atom. The van der Waals surface area contributed by atoms with Crippen LogP contribution in [0.1, 0.15) is 40.2 Å². The van der Waals surface area contributed by atoms with Crippen molar-refractivity contribution in [1.29, 1.82) is 0 Å². The quantitative estimate of drug-likeness (QED) is 0.832. The summed E-state index contributed by atoms with van der Waals surface area (Å²) < 4.78 is 0. The van der Waals surface area contributed by atoms with Crippen LogP contribution in [0, 0.1) is 0 Å². The molecule has 0 amide bonds. The van der Waals surface area contributed by atoms with Crippen molar-refractivity contribution in [2.75, 3.05) is 6.61 Å². The number of carbonyl (C=O) groups excluding carboxylic acids is 1. The summed E-state index contributed by atoms with van der Waals surface area (Å²) >= 11 is 0. The van der Waals surface area contributed by atoms with Gasteiger partial charge in [-0.15, -0.1) is 0 Å². The smallest absolute Gasteiger partial charge is 0.303 e. The topological polar surface area (TPSA) is 74.6 Å². The minimum atomic E-state index is -0.977. The first-order valence-corrected chi connectivity index (χ1v) is 7.21. The molecular formula is C18H16O4. The molecule has 0 heterocycles. The number of fused-ring (bicyclic) bond motifs is 3. The second-order valence-corrected chi connectivity index (χ2v) is 5.44. The molecule has 0 fully saturated rings. The molecule has 1 atom stereocenters. The van der Waals surface area contributed by atoms with Crippen LogP contribution in [-0.4, -0.2) is 28.6 Å². The fraction of sp³-hybridized carbons (Fsp3) is 0.222. The van der Waals surface area contributed by atoms with Crippen LogP contribution >= 0.6 is 0 Å². The lowest BCUT2D eigenvalue weighted by Gasteiger charge is -2.10. The van der Waals surface area contributed by atoms with Gasteiger partial charge < -0.3 is 10.2 Å². The van der Waals surface area contributed by atoms with E-state index in [-0.39, 0.29) is 31.1 Å². The van der Waals surface area contributed by atoms with E-state index in [4.69, 9.17) is 5.11 Å². The van der Waals surface area contributed by atoms with E-state index in [0.717, 1.165) is 22.3 Å². The van der Waals surface area contributed by atoms with Gasteiger partial charge in [-0.05, 0) is 28.3 Å². The van der Waals surface area contributed by atoms with Crippen molar-refractivity contribution in [3.05, 3.63) is 59.2 Å². The van der Waals surface area contributed by atoms with Gasteiger partial charge in [0.1, 0.15) is 0 Å². The monoisotopic (exact) mass is 296 g/mol. The van der Waals surface area contributed by atoms with Crippen molar-refractivity contribution < 1.29 is 19.8 Å². The molecule has 1 aliphatic rings. The highest BCUT2D eigenvalue weighted by molar-refractivity contribution is 5.98. The average Bonchev–Trinajstić information content (AvgIpc) is 2.85. The number of aliphatic hydroxyl groups excluding tert-OH is 1. The van der Waals surface area contributed by atoms with Crippen molar-refractivity contribution in [3.63, 3.8) is 0 Å². The molecule has 0 aromatic heterocycles. The molecule has 0 radical (unpaired) electrons. The molecule has 0 unspecified atom stereocenters. The molecule has 0 saturated heterocycles. The predicted octanol–water partition coefficient (Wildman–Crippen LogP) is 2.84. The number of aliphatic hydroxyl groups is 1. The summed E-state index contributed by atoms with van der Waals surface area (Å²) in [7, 11) is 0. The Morgan fingerprint density at radius 3 is 2.41 bits per heavy atom. The van der Waals surface area contributed by atoms with Crippen LogP contribution in [0.3, 0.4) is 0 Å². The highest BCUT2D eigenvalue weighted by atomic mass is 16.4. The molecule has 1 aliphatic carbocycles. The van der Waals surface area contributed by atoms with Crippen molar-refractivity contribution in [1.82, 2.24) is 0 Å². The Bertz CT molecular complexity index is 749. The number of carbonyl (C=O) groups is 2. The van der Waals surface area contributed by atoms with Gasteiger partial charge in [0.2, 0.25) is 0 Å². The molecule has 4 nitrogen and oxygen atoms in total.